The molecule has 2 rings (SSSR count). The Labute approximate surface area is 117 Å². The van der Waals surface area contributed by atoms with Crippen LogP contribution in [0.4, 0.5) is 0 Å². The third-order valence-corrected chi connectivity index (χ3v) is 4.09. The maximum Gasteiger partial charge on any atom is 0.118 e. The molecule has 1 saturated heterocycles. The summed E-state index contributed by atoms with van der Waals surface area (Å²) in [5.74, 6) is 2.05. The van der Waals surface area contributed by atoms with E-state index in [1.165, 1.54) is 37.9 Å². The van der Waals surface area contributed by atoms with Crippen molar-refractivity contribution in [2.24, 2.45) is 5.92 Å². The van der Waals surface area contributed by atoms with Crippen molar-refractivity contribution in [1.82, 2.24) is 10.2 Å². The second kappa shape index (κ2) is 7.11. The fourth-order valence-electron chi connectivity index (χ4n) is 2.70. The Balaban J connectivity index is 1.77. The SMILES string of the molecule is CCC1CCN(Cc2cc(CNC(C)C)co2)CC1. The quantitative estimate of drug-likeness (QED) is 0.853. The van der Waals surface area contributed by atoms with Crippen molar-refractivity contribution < 1.29 is 4.42 Å². The highest BCUT2D eigenvalue weighted by Crippen LogP contribution is 2.21. The minimum atomic E-state index is 0.520. The van der Waals surface area contributed by atoms with Crippen LogP contribution in [0.5, 0.6) is 0 Å². The first-order valence-corrected chi connectivity index (χ1v) is 7.69. The van der Waals surface area contributed by atoms with Gasteiger partial charge in [-0.3, -0.25) is 4.90 Å². The molecule has 1 fully saturated rings. The van der Waals surface area contributed by atoms with Gasteiger partial charge in [-0.15, -0.1) is 0 Å². The van der Waals surface area contributed by atoms with Gasteiger partial charge in [0.25, 0.3) is 0 Å². The summed E-state index contributed by atoms with van der Waals surface area (Å²) in [6, 6.07) is 2.72. The Kier molecular flexibility index (Phi) is 5.46. The van der Waals surface area contributed by atoms with Crippen molar-refractivity contribution in [3.05, 3.63) is 23.7 Å². The van der Waals surface area contributed by atoms with Crippen molar-refractivity contribution >= 4 is 0 Å². The molecule has 1 aromatic heterocycles. The summed E-state index contributed by atoms with van der Waals surface area (Å²) in [6.45, 7) is 11.0. The topological polar surface area (TPSA) is 28.4 Å². The predicted octanol–water partition coefficient (Wildman–Crippen LogP) is 3.40. The van der Waals surface area contributed by atoms with Gasteiger partial charge in [0.1, 0.15) is 5.76 Å². The maximum absolute atomic E-state index is 5.67. The average Bonchev–Trinajstić information content (AvgIpc) is 2.85. The normalized spacial score (nSPS) is 18.3. The largest absolute Gasteiger partial charge is 0.468 e. The molecule has 0 spiro atoms. The highest BCUT2D eigenvalue weighted by atomic mass is 16.3. The molecule has 0 bridgehead atoms. The van der Waals surface area contributed by atoms with E-state index in [9.17, 15) is 0 Å². The molecule has 0 unspecified atom stereocenters. The lowest BCUT2D eigenvalue weighted by Crippen LogP contribution is -2.32. The smallest absolute Gasteiger partial charge is 0.118 e. The summed E-state index contributed by atoms with van der Waals surface area (Å²) in [5.41, 5.74) is 1.26. The van der Waals surface area contributed by atoms with E-state index < -0.39 is 0 Å². The molecule has 108 valence electrons. The maximum atomic E-state index is 5.67. The molecule has 0 aliphatic carbocycles. The number of hydrogen-bond donors (Lipinski definition) is 1. The van der Waals surface area contributed by atoms with Crippen LogP contribution in [0.2, 0.25) is 0 Å². The zero-order valence-corrected chi connectivity index (χ0v) is 12.6. The van der Waals surface area contributed by atoms with Gasteiger partial charge in [-0.25, -0.2) is 0 Å². The highest BCUT2D eigenvalue weighted by Gasteiger charge is 2.18. The van der Waals surface area contributed by atoms with Crippen molar-refractivity contribution in [2.45, 2.75) is 59.2 Å². The summed E-state index contributed by atoms with van der Waals surface area (Å²) in [5, 5.41) is 3.42. The molecule has 3 nitrogen and oxygen atoms in total. The zero-order chi connectivity index (χ0) is 13.7. The van der Waals surface area contributed by atoms with Gasteiger partial charge in [0.2, 0.25) is 0 Å². The molecule has 1 N–H and O–H groups in total. The second-order valence-electron chi connectivity index (χ2n) is 6.08. The Morgan fingerprint density at radius 1 is 1.37 bits per heavy atom. The lowest BCUT2D eigenvalue weighted by atomic mass is 9.94. The van der Waals surface area contributed by atoms with Gasteiger partial charge in [-0.1, -0.05) is 27.2 Å². The molecule has 1 aromatic rings. The van der Waals surface area contributed by atoms with Crippen LogP contribution in [0.15, 0.2) is 16.7 Å². The van der Waals surface area contributed by atoms with Gasteiger partial charge in [0.05, 0.1) is 12.8 Å². The first-order valence-electron chi connectivity index (χ1n) is 7.69. The first kappa shape index (κ1) is 14.6. The summed E-state index contributed by atoms with van der Waals surface area (Å²) < 4.78 is 5.67. The summed E-state index contributed by atoms with van der Waals surface area (Å²) in [4.78, 5) is 2.52. The lowest BCUT2D eigenvalue weighted by molar-refractivity contribution is 0.164. The average molecular weight is 264 g/mol. The molecule has 1 aliphatic rings. The lowest BCUT2D eigenvalue weighted by Gasteiger charge is -2.30. The van der Waals surface area contributed by atoms with Gasteiger partial charge in [-0.2, -0.15) is 0 Å². The fraction of sp³-hybridized carbons (Fsp3) is 0.750. The number of hydrogen-bond acceptors (Lipinski definition) is 3. The van der Waals surface area contributed by atoms with Crippen LogP contribution in [-0.4, -0.2) is 24.0 Å². The van der Waals surface area contributed by atoms with E-state index >= 15 is 0 Å². The molecule has 0 radical (unpaired) electrons. The van der Waals surface area contributed by atoms with E-state index in [4.69, 9.17) is 4.42 Å². The van der Waals surface area contributed by atoms with E-state index in [0.717, 1.165) is 24.8 Å². The van der Waals surface area contributed by atoms with Crippen molar-refractivity contribution in [3.8, 4) is 0 Å². The van der Waals surface area contributed by atoms with Gasteiger partial charge < -0.3 is 9.73 Å². The number of rotatable bonds is 6. The van der Waals surface area contributed by atoms with Crippen molar-refractivity contribution in [2.75, 3.05) is 13.1 Å². The van der Waals surface area contributed by atoms with E-state index in [1.807, 2.05) is 6.26 Å². The molecule has 0 atom stereocenters. The van der Waals surface area contributed by atoms with Crippen LogP contribution in [0.3, 0.4) is 0 Å². The van der Waals surface area contributed by atoms with E-state index in [1.54, 1.807) is 0 Å². The molecule has 19 heavy (non-hydrogen) atoms. The molecule has 3 heteroatoms. The number of nitrogens with one attached hydrogen (secondary N) is 1. The Morgan fingerprint density at radius 3 is 2.74 bits per heavy atom. The van der Waals surface area contributed by atoms with Crippen molar-refractivity contribution in [3.63, 3.8) is 0 Å². The van der Waals surface area contributed by atoms with Crippen molar-refractivity contribution in [1.29, 1.82) is 0 Å². The molecule has 2 heterocycles. The second-order valence-corrected chi connectivity index (χ2v) is 6.08. The summed E-state index contributed by atoms with van der Waals surface area (Å²) in [6.07, 6.45) is 5.92. The molecule has 0 aromatic carbocycles. The number of likely N-dealkylation sites (tertiary alicyclic amines) is 1. The van der Waals surface area contributed by atoms with Gasteiger partial charge in [0, 0.05) is 18.2 Å². The van der Waals surface area contributed by atoms with Crippen LogP contribution >= 0.6 is 0 Å². The standard InChI is InChI=1S/C16H28N2O/c1-4-14-5-7-18(8-6-14)11-16-9-15(12-19-16)10-17-13(2)3/h9,12-14,17H,4-8,10-11H2,1-3H3. The van der Waals surface area contributed by atoms with Crippen LogP contribution in [0.25, 0.3) is 0 Å². The third-order valence-electron chi connectivity index (χ3n) is 4.09. The zero-order valence-electron chi connectivity index (χ0n) is 12.6. The molecular weight excluding hydrogens is 236 g/mol. The van der Waals surface area contributed by atoms with Crippen LogP contribution in [0.1, 0.15) is 51.4 Å². The number of furan rings is 1. The van der Waals surface area contributed by atoms with Crippen LogP contribution in [0, 0.1) is 5.92 Å². The summed E-state index contributed by atoms with van der Waals surface area (Å²) >= 11 is 0. The molecular formula is C16H28N2O. The molecule has 0 saturated carbocycles. The number of nitrogens with zero attached hydrogens (tertiary/aromatic N) is 1. The molecule has 1 aliphatic heterocycles. The third kappa shape index (κ3) is 4.66. The Bertz CT molecular complexity index is 365. The van der Waals surface area contributed by atoms with Crippen LogP contribution in [-0.2, 0) is 13.1 Å². The minimum Gasteiger partial charge on any atom is -0.468 e. The first-order chi connectivity index (χ1) is 9.17. The van der Waals surface area contributed by atoms with E-state index in [0.29, 0.717) is 6.04 Å². The summed E-state index contributed by atoms with van der Waals surface area (Å²) in [7, 11) is 0. The minimum absolute atomic E-state index is 0.520. The Morgan fingerprint density at radius 2 is 2.11 bits per heavy atom. The highest BCUT2D eigenvalue weighted by molar-refractivity contribution is 5.12. The monoisotopic (exact) mass is 264 g/mol. The van der Waals surface area contributed by atoms with Gasteiger partial charge >= 0.3 is 0 Å². The predicted molar refractivity (Wildman–Crippen MR) is 79.0 cm³/mol. The van der Waals surface area contributed by atoms with Gasteiger partial charge in [-0.05, 0) is 37.9 Å². The molecule has 0 amide bonds. The van der Waals surface area contributed by atoms with Crippen LogP contribution < -0.4 is 5.32 Å². The van der Waals surface area contributed by atoms with Gasteiger partial charge in [0.15, 0.2) is 0 Å². The fourth-order valence-corrected chi connectivity index (χ4v) is 2.70. The van der Waals surface area contributed by atoms with E-state index in [2.05, 4.69) is 37.1 Å². The Hall–Kier alpha value is -0.800. The number of piperidine rings is 1. The van der Waals surface area contributed by atoms with E-state index in [-0.39, 0.29) is 0 Å².